The van der Waals surface area contributed by atoms with E-state index in [1.807, 2.05) is 6.07 Å². The van der Waals surface area contributed by atoms with Crippen molar-refractivity contribution in [1.29, 1.82) is 5.26 Å². The molecule has 0 saturated heterocycles. The van der Waals surface area contributed by atoms with E-state index in [0.717, 1.165) is 5.39 Å². The van der Waals surface area contributed by atoms with Crippen LogP contribution in [0, 0.1) is 11.3 Å². The minimum atomic E-state index is -0.431. The third-order valence-corrected chi connectivity index (χ3v) is 2.33. The molecule has 0 fully saturated rings. The SMILES string of the molecule is COc1ccc2ccc(=O)oc2c1CC#N. The number of fused-ring (bicyclic) bond motifs is 1. The van der Waals surface area contributed by atoms with Crippen LogP contribution in [0.2, 0.25) is 0 Å². The Kier molecular flexibility index (Phi) is 2.61. The number of hydrogen-bond acceptors (Lipinski definition) is 4. The molecule has 16 heavy (non-hydrogen) atoms. The molecule has 0 N–H and O–H groups in total. The summed E-state index contributed by atoms with van der Waals surface area (Å²) in [5, 5.41) is 9.53. The van der Waals surface area contributed by atoms with Crippen LogP contribution in [0.5, 0.6) is 5.75 Å². The lowest BCUT2D eigenvalue weighted by Gasteiger charge is -2.07. The van der Waals surface area contributed by atoms with E-state index in [1.54, 1.807) is 18.2 Å². The van der Waals surface area contributed by atoms with Gasteiger partial charge in [-0.15, -0.1) is 0 Å². The lowest BCUT2D eigenvalue weighted by molar-refractivity contribution is 0.410. The third-order valence-electron chi connectivity index (χ3n) is 2.33. The van der Waals surface area contributed by atoms with Gasteiger partial charge in [-0.05, 0) is 18.2 Å². The topological polar surface area (TPSA) is 63.2 Å². The van der Waals surface area contributed by atoms with Gasteiger partial charge >= 0.3 is 5.63 Å². The lowest BCUT2D eigenvalue weighted by Crippen LogP contribution is -1.98. The van der Waals surface area contributed by atoms with Crippen LogP contribution < -0.4 is 10.4 Å². The fourth-order valence-electron chi connectivity index (χ4n) is 1.61. The number of rotatable bonds is 2. The van der Waals surface area contributed by atoms with E-state index in [4.69, 9.17) is 14.4 Å². The van der Waals surface area contributed by atoms with Gasteiger partial charge in [0.15, 0.2) is 0 Å². The molecular weight excluding hydrogens is 206 g/mol. The van der Waals surface area contributed by atoms with E-state index in [9.17, 15) is 4.79 Å². The van der Waals surface area contributed by atoms with Crippen LogP contribution >= 0.6 is 0 Å². The van der Waals surface area contributed by atoms with Gasteiger partial charge in [0.2, 0.25) is 0 Å². The second-order valence-electron chi connectivity index (χ2n) is 3.25. The summed E-state index contributed by atoms with van der Waals surface area (Å²) in [5.41, 5.74) is 0.605. The van der Waals surface area contributed by atoms with Crippen LogP contribution in [0.25, 0.3) is 11.0 Å². The predicted octanol–water partition coefficient (Wildman–Crippen LogP) is 1.87. The first-order valence-corrected chi connectivity index (χ1v) is 4.73. The van der Waals surface area contributed by atoms with Crippen molar-refractivity contribution in [3.8, 4) is 11.8 Å². The van der Waals surface area contributed by atoms with Crippen LogP contribution in [0.4, 0.5) is 0 Å². The minimum absolute atomic E-state index is 0.146. The second-order valence-corrected chi connectivity index (χ2v) is 3.25. The maximum atomic E-state index is 11.1. The normalized spacial score (nSPS) is 10.0. The number of methoxy groups -OCH3 is 1. The van der Waals surface area contributed by atoms with E-state index in [0.29, 0.717) is 16.9 Å². The van der Waals surface area contributed by atoms with Gasteiger partial charge in [-0.2, -0.15) is 5.26 Å². The molecule has 2 rings (SSSR count). The zero-order chi connectivity index (χ0) is 11.5. The highest BCUT2D eigenvalue weighted by Gasteiger charge is 2.10. The van der Waals surface area contributed by atoms with Crippen molar-refractivity contribution in [1.82, 2.24) is 0 Å². The second kappa shape index (κ2) is 4.07. The first-order valence-electron chi connectivity index (χ1n) is 4.73. The Morgan fingerprint density at radius 2 is 2.12 bits per heavy atom. The Morgan fingerprint density at radius 3 is 2.81 bits per heavy atom. The number of ether oxygens (including phenoxy) is 1. The van der Waals surface area contributed by atoms with Crippen molar-refractivity contribution < 1.29 is 9.15 Å². The molecule has 2 aromatic rings. The van der Waals surface area contributed by atoms with E-state index in [1.165, 1.54) is 13.2 Å². The molecule has 1 aromatic heterocycles. The third kappa shape index (κ3) is 1.63. The molecule has 0 unspecified atom stereocenters. The standard InChI is InChI=1S/C12H9NO3/c1-15-10-4-2-8-3-5-11(14)16-12(8)9(10)6-7-13/h2-5H,6H2,1H3. The van der Waals surface area contributed by atoms with E-state index in [2.05, 4.69) is 0 Å². The summed E-state index contributed by atoms with van der Waals surface area (Å²) in [6.07, 6.45) is 0.146. The van der Waals surface area contributed by atoms with Crippen molar-refractivity contribution in [3.05, 3.63) is 40.2 Å². The number of nitriles is 1. The van der Waals surface area contributed by atoms with E-state index in [-0.39, 0.29) is 6.42 Å². The monoisotopic (exact) mass is 215 g/mol. The molecule has 1 heterocycles. The zero-order valence-electron chi connectivity index (χ0n) is 8.69. The summed E-state index contributed by atoms with van der Waals surface area (Å²) in [4.78, 5) is 11.1. The highest BCUT2D eigenvalue weighted by molar-refractivity contribution is 5.82. The molecule has 0 aliphatic heterocycles. The van der Waals surface area contributed by atoms with Gasteiger partial charge in [0.05, 0.1) is 25.2 Å². The van der Waals surface area contributed by atoms with Crippen molar-refractivity contribution in [2.24, 2.45) is 0 Å². The van der Waals surface area contributed by atoms with Gasteiger partial charge in [0.1, 0.15) is 11.3 Å². The number of benzene rings is 1. The Hall–Kier alpha value is -2.28. The quantitative estimate of drug-likeness (QED) is 0.717. The summed E-state index contributed by atoms with van der Waals surface area (Å²) in [6.45, 7) is 0. The molecular formula is C12H9NO3. The Bertz CT molecular complexity index is 622. The summed E-state index contributed by atoms with van der Waals surface area (Å²) < 4.78 is 10.2. The van der Waals surface area contributed by atoms with Crippen LogP contribution in [-0.4, -0.2) is 7.11 Å². The number of nitrogens with zero attached hydrogens (tertiary/aromatic N) is 1. The molecule has 0 amide bonds. The average Bonchev–Trinajstić information content (AvgIpc) is 2.30. The molecule has 0 spiro atoms. The van der Waals surface area contributed by atoms with Gasteiger partial charge in [0, 0.05) is 11.5 Å². The van der Waals surface area contributed by atoms with Crippen molar-refractivity contribution >= 4 is 11.0 Å². The van der Waals surface area contributed by atoms with Crippen LogP contribution in [-0.2, 0) is 6.42 Å². The van der Waals surface area contributed by atoms with Gasteiger partial charge in [0.25, 0.3) is 0 Å². The van der Waals surface area contributed by atoms with Crippen LogP contribution in [0.3, 0.4) is 0 Å². The Labute approximate surface area is 91.7 Å². The van der Waals surface area contributed by atoms with Crippen molar-refractivity contribution in [2.45, 2.75) is 6.42 Å². The summed E-state index contributed by atoms with van der Waals surface area (Å²) in [5.74, 6) is 0.559. The number of hydrogen-bond donors (Lipinski definition) is 0. The smallest absolute Gasteiger partial charge is 0.336 e. The average molecular weight is 215 g/mol. The molecule has 4 heteroatoms. The summed E-state index contributed by atoms with van der Waals surface area (Å²) >= 11 is 0. The predicted molar refractivity (Wildman–Crippen MR) is 58.4 cm³/mol. The molecule has 0 aliphatic carbocycles. The van der Waals surface area contributed by atoms with Gasteiger partial charge in [-0.25, -0.2) is 4.79 Å². The maximum Gasteiger partial charge on any atom is 0.336 e. The highest BCUT2D eigenvalue weighted by atomic mass is 16.5. The van der Waals surface area contributed by atoms with Crippen molar-refractivity contribution in [3.63, 3.8) is 0 Å². The fourth-order valence-corrected chi connectivity index (χ4v) is 1.61. The molecule has 0 bridgehead atoms. The van der Waals surface area contributed by atoms with Crippen LogP contribution in [0.15, 0.2) is 33.5 Å². The molecule has 80 valence electrons. The molecule has 0 radical (unpaired) electrons. The van der Waals surface area contributed by atoms with Gasteiger partial charge in [-0.1, -0.05) is 0 Å². The van der Waals surface area contributed by atoms with Crippen LogP contribution in [0.1, 0.15) is 5.56 Å². The van der Waals surface area contributed by atoms with Gasteiger partial charge < -0.3 is 9.15 Å². The van der Waals surface area contributed by atoms with Gasteiger partial charge in [-0.3, -0.25) is 0 Å². The van der Waals surface area contributed by atoms with E-state index >= 15 is 0 Å². The molecule has 0 saturated carbocycles. The Morgan fingerprint density at radius 1 is 1.38 bits per heavy atom. The molecule has 4 nitrogen and oxygen atoms in total. The zero-order valence-corrected chi connectivity index (χ0v) is 8.69. The minimum Gasteiger partial charge on any atom is -0.496 e. The lowest BCUT2D eigenvalue weighted by atomic mass is 10.1. The molecule has 1 aromatic carbocycles. The summed E-state index contributed by atoms with van der Waals surface area (Å²) in [7, 11) is 1.52. The largest absolute Gasteiger partial charge is 0.496 e. The molecule has 0 atom stereocenters. The first-order chi connectivity index (χ1) is 7.76. The first kappa shape index (κ1) is 10.2. The Balaban J connectivity index is 2.82. The molecule has 0 aliphatic rings. The summed E-state index contributed by atoms with van der Waals surface area (Å²) in [6, 6.07) is 8.60. The highest BCUT2D eigenvalue weighted by Crippen LogP contribution is 2.27. The van der Waals surface area contributed by atoms with Crippen molar-refractivity contribution in [2.75, 3.05) is 7.11 Å². The fraction of sp³-hybridized carbons (Fsp3) is 0.167. The van der Waals surface area contributed by atoms with E-state index < -0.39 is 5.63 Å². The maximum absolute atomic E-state index is 11.1.